The molecule has 5 heteroatoms. The quantitative estimate of drug-likeness (QED) is 0.834. The van der Waals surface area contributed by atoms with Crippen LogP contribution < -0.4 is 5.32 Å². The van der Waals surface area contributed by atoms with E-state index in [2.05, 4.69) is 27.4 Å². The van der Waals surface area contributed by atoms with E-state index in [0.29, 0.717) is 0 Å². The number of hydrogen-bond donors (Lipinski definition) is 1. The monoisotopic (exact) mass is 219 g/mol. The van der Waals surface area contributed by atoms with Gasteiger partial charge in [0, 0.05) is 13.0 Å². The maximum atomic E-state index is 4.42. The van der Waals surface area contributed by atoms with Crippen molar-refractivity contribution in [1.29, 1.82) is 0 Å². The molecule has 0 aromatic carbocycles. The first kappa shape index (κ1) is 10.9. The van der Waals surface area contributed by atoms with E-state index in [1.807, 2.05) is 17.5 Å². The molecule has 5 nitrogen and oxygen atoms in total. The molecule has 1 N–H and O–H groups in total. The molecule has 0 aliphatic carbocycles. The van der Waals surface area contributed by atoms with Gasteiger partial charge in [-0.1, -0.05) is 13.3 Å². The molecule has 0 atom stereocenters. The Balaban J connectivity index is 2.41. The number of unbranched alkanes of at least 4 members (excludes halogenated alkanes) is 1. The molecule has 0 saturated carbocycles. The lowest BCUT2D eigenvalue weighted by atomic mass is 10.2. The van der Waals surface area contributed by atoms with Crippen LogP contribution in [-0.2, 0) is 6.42 Å². The minimum atomic E-state index is 0.781. The molecule has 2 heterocycles. The zero-order valence-electron chi connectivity index (χ0n) is 9.77. The van der Waals surface area contributed by atoms with E-state index in [9.17, 15) is 0 Å². The van der Waals surface area contributed by atoms with Crippen molar-refractivity contribution in [2.24, 2.45) is 0 Å². The summed E-state index contributed by atoms with van der Waals surface area (Å²) in [5, 5.41) is 11.3. The van der Waals surface area contributed by atoms with Crippen molar-refractivity contribution in [2.75, 3.05) is 11.9 Å². The van der Waals surface area contributed by atoms with Crippen LogP contribution in [-0.4, -0.2) is 26.1 Å². The van der Waals surface area contributed by atoms with Crippen LogP contribution in [0, 0.1) is 0 Å². The Kier molecular flexibility index (Phi) is 3.34. The highest BCUT2D eigenvalue weighted by molar-refractivity contribution is 5.49. The van der Waals surface area contributed by atoms with Crippen molar-refractivity contribution >= 4 is 11.5 Å². The lowest BCUT2D eigenvalue weighted by molar-refractivity contribution is 0.744. The van der Waals surface area contributed by atoms with Crippen molar-refractivity contribution < 1.29 is 0 Å². The fraction of sp³-hybridized carbons (Fsp3) is 0.545. The van der Waals surface area contributed by atoms with Crippen LogP contribution in [0.5, 0.6) is 0 Å². The third-order valence-electron chi connectivity index (χ3n) is 2.51. The van der Waals surface area contributed by atoms with Gasteiger partial charge in [-0.3, -0.25) is 4.40 Å². The smallest absolute Gasteiger partial charge is 0.229 e. The van der Waals surface area contributed by atoms with Gasteiger partial charge in [-0.2, -0.15) is 5.10 Å². The van der Waals surface area contributed by atoms with Crippen molar-refractivity contribution in [3.63, 3.8) is 0 Å². The van der Waals surface area contributed by atoms with Crippen molar-refractivity contribution in [3.05, 3.63) is 18.2 Å². The van der Waals surface area contributed by atoms with E-state index in [0.717, 1.165) is 36.7 Å². The summed E-state index contributed by atoms with van der Waals surface area (Å²) in [5.74, 6) is 1.84. The predicted octanol–water partition coefficient (Wildman–Crippen LogP) is 1.90. The second-order valence-electron chi connectivity index (χ2n) is 3.74. The maximum Gasteiger partial charge on any atom is 0.229 e. The number of nitrogens with one attached hydrogen (secondary N) is 1. The van der Waals surface area contributed by atoms with Gasteiger partial charge in [0.25, 0.3) is 0 Å². The summed E-state index contributed by atoms with van der Waals surface area (Å²) in [6.45, 7) is 5.06. The van der Waals surface area contributed by atoms with Crippen LogP contribution in [0.4, 0.5) is 5.95 Å². The molecule has 0 amide bonds. The summed E-state index contributed by atoms with van der Waals surface area (Å²) >= 11 is 0. The van der Waals surface area contributed by atoms with Gasteiger partial charge >= 0.3 is 0 Å². The molecule has 2 rings (SSSR count). The van der Waals surface area contributed by atoms with E-state index in [1.54, 1.807) is 6.20 Å². The number of imidazole rings is 1. The van der Waals surface area contributed by atoms with Crippen LogP contribution in [0.1, 0.15) is 32.5 Å². The van der Waals surface area contributed by atoms with Gasteiger partial charge in [0.2, 0.25) is 5.95 Å². The summed E-state index contributed by atoms with van der Waals surface area (Å²) in [4.78, 5) is 4.42. The third-order valence-corrected chi connectivity index (χ3v) is 2.51. The number of aryl methyl sites for hydroxylation is 1. The van der Waals surface area contributed by atoms with Gasteiger partial charge in [0.15, 0.2) is 0 Å². The van der Waals surface area contributed by atoms with Gasteiger partial charge in [0.05, 0.1) is 17.9 Å². The fourth-order valence-corrected chi connectivity index (χ4v) is 1.71. The predicted molar refractivity (Wildman–Crippen MR) is 63.6 cm³/mol. The Morgan fingerprint density at radius 3 is 2.94 bits per heavy atom. The molecule has 0 unspecified atom stereocenters. The Bertz CT molecular complexity index is 462. The number of fused-ring (bicyclic) bond motifs is 1. The molecule has 0 fully saturated rings. The molecule has 0 bridgehead atoms. The molecule has 0 aliphatic rings. The standard InChI is InChI=1S/C11H17N5/c1-3-5-6-10-13-7-9-8-14-15-11(12-4-2)16(9)10/h7-8H,3-6H2,1-2H3,(H,12,15). The van der Waals surface area contributed by atoms with Gasteiger partial charge in [-0.15, -0.1) is 5.10 Å². The number of anilines is 1. The van der Waals surface area contributed by atoms with Crippen LogP contribution in [0.15, 0.2) is 12.4 Å². The second-order valence-corrected chi connectivity index (χ2v) is 3.74. The number of nitrogens with zero attached hydrogens (tertiary/aromatic N) is 4. The Morgan fingerprint density at radius 1 is 1.31 bits per heavy atom. The van der Waals surface area contributed by atoms with E-state index in [1.165, 1.54) is 6.42 Å². The lowest BCUT2D eigenvalue weighted by Gasteiger charge is -2.06. The molecular weight excluding hydrogens is 202 g/mol. The van der Waals surface area contributed by atoms with Gasteiger partial charge < -0.3 is 5.32 Å². The molecule has 2 aromatic rings. The molecule has 0 spiro atoms. The zero-order chi connectivity index (χ0) is 11.4. The summed E-state index contributed by atoms with van der Waals surface area (Å²) in [7, 11) is 0. The number of hydrogen-bond acceptors (Lipinski definition) is 4. The highest BCUT2D eigenvalue weighted by Crippen LogP contribution is 2.13. The van der Waals surface area contributed by atoms with Gasteiger partial charge in [0.1, 0.15) is 5.82 Å². The first-order valence-electron chi connectivity index (χ1n) is 5.78. The van der Waals surface area contributed by atoms with Crippen molar-refractivity contribution in [3.8, 4) is 0 Å². The minimum absolute atomic E-state index is 0.781. The largest absolute Gasteiger partial charge is 0.354 e. The first-order valence-corrected chi connectivity index (χ1v) is 5.78. The molecule has 2 aromatic heterocycles. The molecular formula is C11H17N5. The first-order chi connectivity index (χ1) is 7.86. The van der Waals surface area contributed by atoms with E-state index < -0.39 is 0 Å². The molecule has 0 saturated heterocycles. The number of rotatable bonds is 5. The van der Waals surface area contributed by atoms with Crippen molar-refractivity contribution in [2.45, 2.75) is 33.1 Å². The maximum absolute atomic E-state index is 4.42. The van der Waals surface area contributed by atoms with E-state index in [-0.39, 0.29) is 0 Å². The van der Waals surface area contributed by atoms with Gasteiger partial charge in [-0.25, -0.2) is 4.98 Å². The summed E-state index contributed by atoms with van der Waals surface area (Å²) < 4.78 is 2.05. The molecule has 0 aliphatic heterocycles. The Morgan fingerprint density at radius 2 is 2.19 bits per heavy atom. The molecule has 16 heavy (non-hydrogen) atoms. The van der Waals surface area contributed by atoms with Crippen molar-refractivity contribution in [1.82, 2.24) is 19.6 Å². The third kappa shape index (κ3) is 1.98. The van der Waals surface area contributed by atoms with Crippen LogP contribution >= 0.6 is 0 Å². The fourth-order valence-electron chi connectivity index (χ4n) is 1.71. The highest BCUT2D eigenvalue weighted by atomic mass is 15.3. The lowest BCUT2D eigenvalue weighted by Crippen LogP contribution is -2.08. The van der Waals surface area contributed by atoms with E-state index >= 15 is 0 Å². The zero-order valence-corrected chi connectivity index (χ0v) is 9.77. The molecule has 86 valence electrons. The Hall–Kier alpha value is -1.65. The number of aromatic nitrogens is 4. The normalized spacial score (nSPS) is 10.9. The minimum Gasteiger partial charge on any atom is -0.354 e. The summed E-state index contributed by atoms with van der Waals surface area (Å²) in [6, 6.07) is 0. The highest BCUT2D eigenvalue weighted by Gasteiger charge is 2.08. The average molecular weight is 219 g/mol. The SMILES string of the molecule is CCCCc1ncc2cnnc(NCC)n12. The van der Waals surface area contributed by atoms with Crippen LogP contribution in [0.2, 0.25) is 0 Å². The van der Waals surface area contributed by atoms with Crippen LogP contribution in [0.3, 0.4) is 0 Å². The topological polar surface area (TPSA) is 55.1 Å². The van der Waals surface area contributed by atoms with Gasteiger partial charge in [-0.05, 0) is 13.3 Å². The second kappa shape index (κ2) is 4.92. The molecule has 0 radical (unpaired) electrons. The summed E-state index contributed by atoms with van der Waals surface area (Å²) in [6.07, 6.45) is 6.88. The van der Waals surface area contributed by atoms with E-state index in [4.69, 9.17) is 0 Å². The van der Waals surface area contributed by atoms with Crippen LogP contribution in [0.25, 0.3) is 5.52 Å². The Labute approximate surface area is 94.9 Å². The summed E-state index contributed by atoms with van der Waals surface area (Å²) in [5.41, 5.74) is 0.997. The average Bonchev–Trinajstić information content (AvgIpc) is 2.71.